The molecule has 0 saturated carbocycles. The highest BCUT2D eigenvalue weighted by Gasteiger charge is 2.24. The molecule has 2 aromatic rings. The van der Waals surface area contributed by atoms with Crippen molar-refractivity contribution < 1.29 is 9.90 Å². The van der Waals surface area contributed by atoms with E-state index in [9.17, 15) is 9.90 Å². The maximum Gasteiger partial charge on any atom is 0.256 e. The maximum absolute atomic E-state index is 12.7. The Hall–Kier alpha value is -1.65. The number of hydrogen-bond acceptors (Lipinski definition) is 3. The Bertz CT molecular complexity index is 665. The van der Waals surface area contributed by atoms with Gasteiger partial charge in [-0.2, -0.15) is 0 Å². The molecule has 0 spiro atoms. The molecule has 112 valence electrons. The van der Waals surface area contributed by atoms with Crippen molar-refractivity contribution in [1.82, 2.24) is 9.88 Å². The summed E-state index contributed by atoms with van der Waals surface area (Å²) < 4.78 is 0. The Morgan fingerprint density at radius 3 is 2.71 bits per heavy atom. The van der Waals surface area contributed by atoms with Crippen LogP contribution in [0.25, 0.3) is 10.9 Å². The summed E-state index contributed by atoms with van der Waals surface area (Å²) in [4.78, 5) is 18.6. The van der Waals surface area contributed by atoms with Gasteiger partial charge in [-0.1, -0.05) is 11.6 Å². The Kier molecular flexibility index (Phi) is 4.49. The molecule has 0 aliphatic rings. The molecular weight excluding hydrogens is 288 g/mol. The summed E-state index contributed by atoms with van der Waals surface area (Å²) in [6, 6.07) is 7.02. The highest BCUT2D eigenvalue weighted by molar-refractivity contribution is 6.36. The van der Waals surface area contributed by atoms with E-state index in [0.717, 1.165) is 5.39 Å². The molecule has 21 heavy (non-hydrogen) atoms. The zero-order valence-electron chi connectivity index (χ0n) is 12.4. The van der Waals surface area contributed by atoms with Crippen molar-refractivity contribution in [3.05, 3.63) is 41.0 Å². The molecule has 0 saturated heterocycles. The minimum atomic E-state index is -0.943. The Balaban J connectivity index is 2.46. The van der Waals surface area contributed by atoms with Crippen molar-refractivity contribution in [1.29, 1.82) is 0 Å². The lowest BCUT2D eigenvalue weighted by Gasteiger charge is -2.28. The van der Waals surface area contributed by atoms with Crippen LogP contribution >= 0.6 is 11.6 Å². The third-order valence-corrected chi connectivity index (χ3v) is 3.52. The van der Waals surface area contributed by atoms with Crippen LogP contribution in [0.1, 0.15) is 31.1 Å². The molecule has 1 amide bonds. The quantitative estimate of drug-likeness (QED) is 0.944. The van der Waals surface area contributed by atoms with E-state index in [1.165, 1.54) is 0 Å². The number of hydrogen-bond donors (Lipinski definition) is 1. The zero-order valence-corrected chi connectivity index (χ0v) is 13.2. The summed E-state index contributed by atoms with van der Waals surface area (Å²) in [7, 11) is 0. The van der Waals surface area contributed by atoms with Crippen LogP contribution in [0.2, 0.25) is 5.02 Å². The lowest BCUT2D eigenvalue weighted by atomic mass is 10.1. The fraction of sp³-hybridized carbons (Fsp3) is 0.375. The van der Waals surface area contributed by atoms with Crippen molar-refractivity contribution >= 4 is 28.4 Å². The van der Waals surface area contributed by atoms with Crippen molar-refractivity contribution in [2.24, 2.45) is 0 Å². The number of fused-ring (bicyclic) bond motifs is 1. The van der Waals surface area contributed by atoms with Gasteiger partial charge >= 0.3 is 0 Å². The standard InChI is InChI=1S/C16H19ClN2O2/c1-4-19(10-16(2,3)21)15(20)12-7-8-13(17)11-6-5-9-18-14(11)12/h5-9,21H,4,10H2,1-3H3. The van der Waals surface area contributed by atoms with Gasteiger partial charge in [0.2, 0.25) is 0 Å². The van der Waals surface area contributed by atoms with Crippen LogP contribution in [0.4, 0.5) is 0 Å². The molecule has 0 unspecified atom stereocenters. The van der Waals surface area contributed by atoms with Gasteiger partial charge in [0.25, 0.3) is 5.91 Å². The summed E-state index contributed by atoms with van der Waals surface area (Å²) >= 11 is 6.15. The third-order valence-electron chi connectivity index (χ3n) is 3.19. The van der Waals surface area contributed by atoms with Crippen molar-refractivity contribution in [3.63, 3.8) is 0 Å². The molecule has 0 aliphatic carbocycles. The van der Waals surface area contributed by atoms with Gasteiger partial charge in [0.05, 0.1) is 21.7 Å². The number of likely N-dealkylation sites (N-methyl/N-ethyl adjacent to an activating group) is 1. The van der Waals surface area contributed by atoms with E-state index in [-0.39, 0.29) is 12.5 Å². The number of carbonyl (C=O) groups is 1. The molecule has 0 fully saturated rings. The summed E-state index contributed by atoms with van der Waals surface area (Å²) in [6.45, 7) is 6.02. The summed E-state index contributed by atoms with van der Waals surface area (Å²) in [6.07, 6.45) is 1.64. The first kappa shape index (κ1) is 15.7. The summed E-state index contributed by atoms with van der Waals surface area (Å²) in [5.41, 5.74) is 0.145. The second kappa shape index (κ2) is 6.00. The first-order chi connectivity index (χ1) is 9.83. The highest BCUT2D eigenvalue weighted by atomic mass is 35.5. The highest BCUT2D eigenvalue weighted by Crippen LogP contribution is 2.25. The SMILES string of the molecule is CCN(CC(C)(C)O)C(=O)c1ccc(Cl)c2cccnc12. The monoisotopic (exact) mass is 306 g/mol. The van der Waals surface area contributed by atoms with E-state index in [4.69, 9.17) is 11.6 Å². The molecule has 2 rings (SSSR count). The predicted octanol–water partition coefficient (Wildman–Crippen LogP) is 3.12. The van der Waals surface area contributed by atoms with E-state index < -0.39 is 5.60 Å². The third kappa shape index (κ3) is 3.52. The zero-order chi connectivity index (χ0) is 15.6. The number of benzene rings is 1. The van der Waals surface area contributed by atoms with Crippen molar-refractivity contribution in [3.8, 4) is 0 Å². The molecule has 0 radical (unpaired) electrons. The van der Waals surface area contributed by atoms with Crippen LogP contribution in [0.5, 0.6) is 0 Å². The number of carbonyl (C=O) groups excluding carboxylic acids is 1. The smallest absolute Gasteiger partial charge is 0.256 e. The fourth-order valence-corrected chi connectivity index (χ4v) is 2.49. The molecular formula is C16H19ClN2O2. The molecule has 1 N–H and O–H groups in total. The number of amides is 1. The normalized spacial score (nSPS) is 11.7. The average molecular weight is 307 g/mol. The van der Waals surface area contributed by atoms with Gasteiger partial charge in [-0.15, -0.1) is 0 Å². The van der Waals surface area contributed by atoms with Crippen molar-refractivity contribution in [2.75, 3.05) is 13.1 Å². The van der Waals surface area contributed by atoms with Crippen LogP contribution in [-0.4, -0.2) is 39.6 Å². The van der Waals surface area contributed by atoms with Crippen LogP contribution in [-0.2, 0) is 0 Å². The first-order valence-corrected chi connectivity index (χ1v) is 7.26. The topological polar surface area (TPSA) is 53.4 Å². The number of pyridine rings is 1. The van der Waals surface area contributed by atoms with Gasteiger partial charge in [0, 0.05) is 24.7 Å². The molecule has 0 bridgehead atoms. The fourth-order valence-electron chi connectivity index (χ4n) is 2.28. The minimum absolute atomic E-state index is 0.153. The van der Waals surface area contributed by atoms with Gasteiger partial charge in [0.1, 0.15) is 0 Å². The molecule has 0 atom stereocenters. The van der Waals surface area contributed by atoms with Crippen LogP contribution in [0.3, 0.4) is 0 Å². The lowest BCUT2D eigenvalue weighted by Crippen LogP contribution is -2.42. The largest absolute Gasteiger partial charge is 0.389 e. The molecule has 0 aliphatic heterocycles. The number of rotatable bonds is 4. The average Bonchev–Trinajstić information content (AvgIpc) is 2.44. The maximum atomic E-state index is 12.7. The van der Waals surface area contributed by atoms with Crippen LogP contribution in [0, 0.1) is 0 Å². The second-order valence-corrected chi connectivity index (χ2v) is 6.03. The lowest BCUT2D eigenvalue weighted by molar-refractivity contribution is 0.0315. The summed E-state index contributed by atoms with van der Waals surface area (Å²) in [5, 5.41) is 11.3. The molecule has 1 heterocycles. The van der Waals surface area contributed by atoms with Gasteiger partial charge in [0.15, 0.2) is 0 Å². The van der Waals surface area contributed by atoms with Crippen LogP contribution in [0.15, 0.2) is 30.5 Å². The van der Waals surface area contributed by atoms with Gasteiger partial charge in [-0.05, 0) is 45.0 Å². The van der Waals surface area contributed by atoms with E-state index in [1.807, 2.05) is 13.0 Å². The predicted molar refractivity (Wildman–Crippen MR) is 84.6 cm³/mol. The van der Waals surface area contributed by atoms with Crippen molar-refractivity contribution in [2.45, 2.75) is 26.4 Å². The Labute approximate surface area is 129 Å². The molecule has 1 aromatic heterocycles. The van der Waals surface area contributed by atoms with E-state index in [0.29, 0.717) is 22.6 Å². The van der Waals surface area contributed by atoms with E-state index in [2.05, 4.69) is 4.98 Å². The van der Waals surface area contributed by atoms with E-state index >= 15 is 0 Å². The molecule has 5 heteroatoms. The number of aliphatic hydroxyl groups is 1. The van der Waals surface area contributed by atoms with Gasteiger partial charge in [-0.25, -0.2) is 0 Å². The molecule has 1 aromatic carbocycles. The van der Waals surface area contributed by atoms with Gasteiger partial charge in [-0.3, -0.25) is 9.78 Å². The minimum Gasteiger partial charge on any atom is -0.389 e. The molecule has 4 nitrogen and oxygen atoms in total. The number of aromatic nitrogens is 1. The number of halogens is 1. The van der Waals surface area contributed by atoms with E-state index in [1.54, 1.807) is 43.1 Å². The Morgan fingerprint density at radius 1 is 1.38 bits per heavy atom. The van der Waals surface area contributed by atoms with Crippen LogP contribution < -0.4 is 0 Å². The summed E-state index contributed by atoms with van der Waals surface area (Å²) in [5.74, 6) is -0.153. The second-order valence-electron chi connectivity index (χ2n) is 5.63. The van der Waals surface area contributed by atoms with Gasteiger partial charge < -0.3 is 10.0 Å². The Morgan fingerprint density at radius 2 is 2.10 bits per heavy atom. The first-order valence-electron chi connectivity index (χ1n) is 6.88. The number of nitrogens with zero attached hydrogens (tertiary/aromatic N) is 2.